The van der Waals surface area contributed by atoms with Crippen molar-refractivity contribution in [2.75, 3.05) is 0 Å². The predicted molar refractivity (Wildman–Crippen MR) is 103 cm³/mol. The van der Waals surface area contributed by atoms with Gasteiger partial charge in [-0.15, -0.1) is 0 Å². The monoisotopic (exact) mass is 370 g/mol. The molecule has 0 rings (SSSR count). The maximum Gasteiger partial charge on any atom is 0.303 e. The number of Topliss-reactive ketones (excluding diaryl/α,β-unsaturated/α-hetero) is 1. The van der Waals surface area contributed by atoms with Crippen LogP contribution in [0.4, 0.5) is 0 Å². The molecule has 0 aromatic heterocycles. The van der Waals surface area contributed by atoms with E-state index in [0.717, 1.165) is 77.0 Å². The molecule has 1 N–H and O–H groups in total. The zero-order valence-electron chi connectivity index (χ0n) is 16.9. The largest absolute Gasteiger partial charge is 0.481 e. The second kappa shape index (κ2) is 15.8. The molecule has 152 valence electrons. The van der Waals surface area contributed by atoms with Crippen LogP contribution < -0.4 is 0 Å². The molecule has 0 aliphatic heterocycles. The number of carboxylic acids is 1. The van der Waals surface area contributed by atoms with Crippen LogP contribution in [-0.4, -0.2) is 28.9 Å². The minimum absolute atomic E-state index is 0.0115. The van der Waals surface area contributed by atoms with Crippen LogP contribution >= 0.6 is 0 Å². The van der Waals surface area contributed by atoms with E-state index in [1.54, 1.807) is 6.92 Å². The van der Waals surface area contributed by atoms with Crippen LogP contribution in [0.25, 0.3) is 0 Å². The van der Waals surface area contributed by atoms with Crippen molar-refractivity contribution in [3.63, 3.8) is 0 Å². The van der Waals surface area contributed by atoms with Gasteiger partial charge in [-0.3, -0.25) is 14.4 Å². The Morgan fingerprint density at radius 1 is 0.808 bits per heavy atom. The standard InChI is InChI=1S/C21H38O5/c1-4-5-14-20(26-18(3)23)15-11-10-13-19(17(2)22)12-8-6-7-9-16-21(24)25/h19-20H,4-16H2,1-3H3,(H,24,25). The topological polar surface area (TPSA) is 80.7 Å². The summed E-state index contributed by atoms with van der Waals surface area (Å²) in [6.45, 7) is 5.25. The summed E-state index contributed by atoms with van der Waals surface area (Å²) in [5.74, 6) is -0.594. The van der Waals surface area contributed by atoms with Crippen molar-refractivity contribution in [2.45, 2.75) is 110 Å². The molecule has 5 heteroatoms. The van der Waals surface area contributed by atoms with Gasteiger partial charge in [-0.25, -0.2) is 0 Å². The van der Waals surface area contributed by atoms with E-state index in [-0.39, 0.29) is 30.2 Å². The molecule has 0 bridgehead atoms. The van der Waals surface area contributed by atoms with Gasteiger partial charge >= 0.3 is 11.9 Å². The van der Waals surface area contributed by atoms with Gasteiger partial charge in [0.15, 0.2) is 0 Å². The Hall–Kier alpha value is -1.39. The van der Waals surface area contributed by atoms with Crippen LogP contribution in [0.2, 0.25) is 0 Å². The van der Waals surface area contributed by atoms with Crippen LogP contribution in [-0.2, 0) is 19.1 Å². The Kier molecular flexibility index (Phi) is 15.0. The van der Waals surface area contributed by atoms with Crippen molar-refractivity contribution in [2.24, 2.45) is 5.92 Å². The first kappa shape index (κ1) is 24.6. The van der Waals surface area contributed by atoms with Crippen LogP contribution in [0.1, 0.15) is 104 Å². The van der Waals surface area contributed by atoms with E-state index >= 15 is 0 Å². The Morgan fingerprint density at radius 3 is 1.88 bits per heavy atom. The lowest BCUT2D eigenvalue weighted by Gasteiger charge is -2.18. The Morgan fingerprint density at radius 2 is 1.35 bits per heavy atom. The molecule has 0 saturated heterocycles. The number of carbonyl (C=O) groups excluding carboxylic acids is 2. The van der Waals surface area contributed by atoms with Crippen molar-refractivity contribution in [1.82, 2.24) is 0 Å². The van der Waals surface area contributed by atoms with E-state index in [9.17, 15) is 14.4 Å². The van der Waals surface area contributed by atoms with Gasteiger partial charge in [-0.2, -0.15) is 0 Å². The number of ether oxygens (including phenoxy) is 1. The molecule has 0 amide bonds. The predicted octanol–water partition coefficient (Wildman–Crippen LogP) is 5.30. The van der Waals surface area contributed by atoms with Gasteiger partial charge in [0, 0.05) is 19.3 Å². The third-order valence-electron chi connectivity index (χ3n) is 4.81. The molecule has 0 aliphatic rings. The second-order valence-corrected chi connectivity index (χ2v) is 7.31. The van der Waals surface area contributed by atoms with Crippen LogP contribution in [0.5, 0.6) is 0 Å². The Bertz CT molecular complexity index is 405. The quantitative estimate of drug-likeness (QED) is 0.277. The van der Waals surface area contributed by atoms with Crippen molar-refractivity contribution in [1.29, 1.82) is 0 Å². The third-order valence-corrected chi connectivity index (χ3v) is 4.81. The molecule has 2 atom stereocenters. The summed E-state index contributed by atoms with van der Waals surface area (Å²) in [6.07, 6.45) is 11.5. The molecule has 0 radical (unpaired) electrons. The minimum Gasteiger partial charge on any atom is -0.481 e. The summed E-state index contributed by atoms with van der Waals surface area (Å²) < 4.78 is 5.38. The average Bonchev–Trinajstić information content (AvgIpc) is 2.56. The molecular weight excluding hydrogens is 332 g/mol. The molecule has 2 unspecified atom stereocenters. The van der Waals surface area contributed by atoms with E-state index in [1.165, 1.54) is 6.92 Å². The first-order chi connectivity index (χ1) is 12.4. The van der Waals surface area contributed by atoms with Gasteiger partial charge < -0.3 is 9.84 Å². The molecule has 0 spiro atoms. The van der Waals surface area contributed by atoms with Crippen LogP contribution in [0.3, 0.4) is 0 Å². The molecule has 5 nitrogen and oxygen atoms in total. The number of hydrogen-bond acceptors (Lipinski definition) is 4. The SMILES string of the molecule is CCCCC(CCCCC(CCCCCCC(=O)O)C(C)=O)OC(C)=O. The first-order valence-corrected chi connectivity index (χ1v) is 10.3. The van der Waals surface area contributed by atoms with Crippen LogP contribution in [0.15, 0.2) is 0 Å². The molecule has 0 saturated carbocycles. The molecular formula is C21H38O5. The third kappa shape index (κ3) is 14.9. The number of rotatable bonds is 17. The molecule has 0 aliphatic carbocycles. The molecule has 26 heavy (non-hydrogen) atoms. The van der Waals surface area contributed by atoms with Gasteiger partial charge in [0.25, 0.3) is 0 Å². The van der Waals surface area contributed by atoms with E-state index in [4.69, 9.17) is 9.84 Å². The first-order valence-electron chi connectivity index (χ1n) is 10.3. The summed E-state index contributed by atoms with van der Waals surface area (Å²) in [5, 5.41) is 8.61. The molecule has 0 fully saturated rings. The number of esters is 1. The summed E-state index contributed by atoms with van der Waals surface area (Å²) in [5.41, 5.74) is 0. The van der Waals surface area contributed by atoms with Crippen LogP contribution in [0, 0.1) is 5.92 Å². The molecule has 0 heterocycles. The molecule has 0 aromatic carbocycles. The number of carbonyl (C=O) groups is 3. The second-order valence-electron chi connectivity index (χ2n) is 7.31. The minimum atomic E-state index is -0.738. The Balaban J connectivity index is 3.98. The van der Waals surface area contributed by atoms with Crippen molar-refractivity contribution >= 4 is 17.7 Å². The van der Waals surface area contributed by atoms with Crippen molar-refractivity contribution in [3.8, 4) is 0 Å². The number of unbranched alkanes of at least 4 members (excludes halogenated alkanes) is 5. The van der Waals surface area contributed by atoms with Crippen molar-refractivity contribution < 1.29 is 24.2 Å². The maximum atomic E-state index is 11.8. The van der Waals surface area contributed by atoms with E-state index in [2.05, 4.69) is 6.92 Å². The fourth-order valence-corrected chi connectivity index (χ4v) is 3.26. The van der Waals surface area contributed by atoms with Gasteiger partial charge in [0.05, 0.1) is 0 Å². The fraction of sp³-hybridized carbons (Fsp3) is 0.857. The summed E-state index contributed by atoms with van der Waals surface area (Å²) in [6, 6.07) is 0. The highest BCUT2D eigenvalue weighted by Crippen LogP contribution is 2.21. The average molecular weight is 371 g/mol. The number of aliphatic carboxylic acids is 1. The highest BCUT2D eigenvalue weighted by Gasteiger charge is 2.15. The highest BCUT2D eigenvalue weighted by molar-refractivity contribution is 5.78. The summed E-state index contributed by atoms with van der Waals surface area (Å²) >= 11 is 0. The fourth-order valence-electron chi connectivity index (χ4n) is 3.26. The van der Waals surface area contributed by atoms with Gasteiger partial charge in [-0.05, 0) is 45.4 Å². The maximum absolute atomic E-state index is 11.8. The normalized spacial score (nSPS) is 13.2. The van der Waals surface area contributed by atoms with Gasteiger partial charge in [-0.1, -0.05) is 45.4 Å². The lowest BCUT2D eigenvalue weighted by atomic mass is 9.91. The number of ketones is 1. The lowest BCUT2D eigenvalue weighted by Crippen LogP contribution is -2.17. The van der Waals surface area contributed by atoms with Gasteiger partial charge in [0.1, 0.15) is 11.9 Å². The number of hydrogen-bond donors (Lipinski definition) is 1. The lowest BCUT2D eigenvalue weighted by molar-refractivity contribution is -0.147. The van der Waals surface area contributed by atoms with Gasteiger partial charge in [0.2, 0.25) is 0 Å². The smallest absolute Gasteiger partial charge is 0.303 e. The number of carboxylic acid groups (broad SMARTS) is 1. The Labute approximate surface area is 158 Å². The summed E-state index contributed by atoms with van der Waals surface area (Å²) in [7, 11) is 0. The summed E-state index contributed by atoms with van der Waals surface area (Å²) in [4.78, 5) is 33.5. The van der Waals surface area contributed by atoms with E-state index < -0.39 is 5.97 Å². The van der Waals surface area contributed by atoms with Crippen molar-refractivity contribution in [3.05, 3.63) is 0 Å². The zero-order chi connectivity index (χ0) is 19.8. The highest BCUT2D eigenvalue weighted by atomic mass is 16.5. The molecule has 0 aromatic rings. The van der Waals surface area contributed by atoms with E-state index in [0.29, 0.717) is 0 Å². The zero-order valence-corrected chi connectivity index (χ0v) is 16.9. The van der Waals surface area contributed by atoms with E-state index in [1.807, 2.05) is 0 Å².